The lowest BCUT2D eigenvalue weighted by molar-refractivity contribution is 0.0697. The van der Waals surface area contributed by atoms with Gasteiger partial charge in [0.05, 0.1) is 16.8 Å². The summed E-state index contributed by atoms with van der Waals surface area (Å²) in [7, 11) is 0. The molecule has 1 aromatic carbocycles. The van der Waals surface area contributed by atoms with E-state index in [0.717, 1.165) is 0 Å². The van der Waals surface area contributed by atoms with Crippen molar-refractivity contribution in [3.63, 3.8) is 0 Å². The van der Waals surface area contributed by atoms with Crippen LogP contribution in [0.4, 0.5) is 17.5 Å². The van der Waals surface area contributed by atoms with Crippen molar-refractivity contribution >= 4 is 29.6 Å². The molecule has 7 nitrogen and oxygen atoms in total. The lowest BCUT2D eigenvalue weighted by Crippen LogP contribution is -2.02. The van der Waals surface area contributed by atoms with Gasteiger partial charge in [0.1, 0.15) is 5.82 Å². The summed E-state index contributed by atoms with van der Waals surface area (Å²) >= 11 is 0. The summed E-state index contributed by atoms with van der Waals surface area (Å²) in [6, 6.07) is 6.12. The number of nitrogens with zero attached hydrogens (tertiary/aromatic N) is 3. The van der Waals surface area contributed by atoms with Crippen LogP contribution >= 0.6 is 0 Å². The van der Waals surface area contributed by atoms with Crippen LogP contribution in [0.5, 0.6) is 0 Å². The van der Waals surface area contributed by atoms with E-state index < -0.39 is 5.97 Å². The van der Waals surface area contributed by atoms with Crippen LogP contribution in [0.2, 0.25) is 0 Å². The summed E-state index contributed by atoms with van der Waals surface area (Å²) < 4.78 is 0. The summed E-state index contributed by atoms with van der Waals surface area (Å²) in [5.74, 6) is -0.648. The molecule has 0 radical (unpaired) electrons. The quantitative estimate of drug-likeness (QED) is 0.706. The maximum absolute atomic E-state index is 10.7. The second-order valence-corrected chi connectivity index (χ2v) is 3.68. The van der Waals surface area contributed by atoms with Crippen molar-refractivity contribution in [3.05, 3.63) is 41.6 Å². The average Bonchev–Trinajstić information content (AvgIpc) is 2.38. The van der Waals surface area contributed by atoms with Crippen molar-refractivity contribution in [2.45, 2.75) is 0 Å². The van der Waals surface area contributed by atoms with Crippen LogP contribution in [0, 0.1) is 0 Å². The number of hydrogen-bond acceptors (Lipinski definition) is 6. The van der Waals surface area contributed by atoms with Gasteiger partial charge in [-0.3, -0.25) is 4.99 Å². The second kappa shape index (κ2) is 5.13. The predicted octanol–water partition coefficient (Wildman–Crippen LogP) is 1.09. The summed E-state index contributed by atoms with van der Waals surface area (Å²) in [6.07, 6.45) is 2.96. The minimum absolute atomic E-state index is 0.0976. The van der Waals surface area contributed by atoms with Crippen LogP contribution < -0.4 is 11.5 Å². The van der Waals surface area contributed by atoms with Gasteiger partial charge in [-0.25, -0.2) is 9.78 Å². The lowest BCUT2D eigenvalue weighted by Gasteiger charge is -1.99. The number of rotatable bonds is 3. The fraction of sp³-hybridized carbons (Fsp3) is 0. The van der Waals surface area contributed by atoms with Crippen LogP contribution in [-0.2, 0) is 0 Å². The molecule has 0 aliphatic heterocycles. The molecule has 1 aromatic heterocycles. The summed E-state index contributed by atoms with van der Waals surface area (Å²) in [4.78, 5) is 22.4. The van der Waals surface area contributed by atoms with Crippen molar-refractivity contribution in [3.8, 4) is 0 Å². The highest BCUT2D eigenvalue weighted by Crippen LogP contribution is 2.14. The molecule has 2 aromatic rings. The number of anilines is 2. The molecule has 0 atom stereocenters. The standard InChI is InChI=1S/C12H11N5O2/c13-10-8(6-16-12(14)17-10)5-15-9-3-1-7(2-4-9)11(18)19/h1-6H,(H,18,19)(H4,13,14,16,17). The van der Waals surface area contributed by atoms with Crippen molar-refractivity contribution in [2.24, 2.45) is 4.99 Å². The number of aliphatic imine (C=N–C) groups is 1. The van der Waals surface area contributed by atoms with Gasteiger partial charge in [0.15, 0.2) is 0 Å². The molecule has 0 spiro atoms. The van der Waals surface area contributed by atoms with Gasteiger partial charge in [0, 0.05) is 12.4 Å². The summed E-state index contributed by atoms with van der Waals surface area (Å²) in [5, 5.41) is 8.76. The maximum atomic E-state index is 10.7. The van der Waals surface area contributed by atoms with Crippen LogP contribution in [0.3, 0.4) is 0 Å². The van der Waals surface area contributed by atoms with Crippen LogP contribution in [0.1, 0.15) is 15.9 Å². The molecule has 0 fully saturated rings. The van der Waals surface area contributed by atoms with Crippen molar-refractivity contribution in [2.75, 3.05) is 11.5 Å². The highest BCUT2D eigenvalue weighted by atomic mass is 16.4. The minimum Gasteiger partial charge on any atom is -0.478 e. The number of hydrogen-bond donors (Lipinski definition) is 3. The fourth-order valence-electron chi connectivity index (χ4n) is 1.35. The molecule has 0 saturated heterocycles. The minimum atomic E-state index is -0.980. The van der Waals surface area contributed by atoms with Gasteiger partial charge in [-0.15, -0.1) is 0 Å². The average molecular weight is 257 g/mol. The van der Waals surface area contributed by atoms with E-state index in [1.54, 1.807) is 12.1 Å². The Balaban J connectivity index is 2.20. The Morgan fingerprint density at radius 1 is 1.26 bits per heavy atom. The third kappa shape index (κ3) is 3.03. The van der Waals surface area contributed by atoms with Gasteiger partial charge in [-0.1, -0.05) is 0 Å². The monoisotopic (exact) mass is 257 g/mol. The molecule has 0 bridgehead atoms. The van der Waals surface area contributed by atoms with E-state index >= 15 is 0 Å². The molecule has 96 valence electrons. The van der Waals surface area contributed by atoms with E-state index in [1.807, 2.05) is 0 Å². The zero-order valence-corrected chi connectivity index (χ0v) is 9.82. The molecule has 7 heteroatoms. The predicted molar refractivity (Wildman–Crippen MR) is 71.5 cm³/mol. The molecule has 19 heavy (non-hydrogen) atoms. The van der Waals surface area contributed by atoms with Crippen LogP contribution in [0.25, 0.3) is 0 Å². The summed E-state index contributed by atoms with van der Waals surface area (Å²) in [6.45, 7) is 0. The molecule has 5 N–H and O–H groups in total. The Hall–Kier alpha value is -2.96. The van der Waals surface area contributed by atoms with Gasteiger partial charge < -0.3 is 16.6 Å². The first-order valence-corrected chi connectivity index (χ1v) is 5.31. The Bertz CT molecular complexity index is 637. The fourth-order valence-corrected chi connectivity index (χ4v) is 1.35. The van der Waals surface area contributed by atoms with E-state index in [2.05, 4.69) is 15.0 Å². The largest absolute Gasteiger partial charge is 0.478 e. The number of carboxylic acid groups (broad SMARTS) is 1. The van der Waals surface area contributed by atoms with E-state index in [1.165, 1.54) is 24.5 Å². The Kier molecular flexibility index (Phi) is 3.37. The zero-order chi connectivity index (χ0) is 13.8. The first kappa shape index (κ1) is 12.5. The van der Waals surface area contributed by atoms with E-state index in [9.17, 15) is 4.79 Å². The van der Waals surface area contributed by atoms with E-state index in [-0.39, 0.29) is 17.3 Å². The second-order valence-electron chi connectivity index (χ2n) is 3.68. The normalized spacial score (nSPS) is 10.7. The van der Waals surface area contributed by atoms with Gasteiger partial charge in [-0.05, 0) is 24.3 Å². The smallest absolute Gasteiger partial charge is 0.335 e. The third-order valence-electron chi connectivity index (χ3n) is 2.33. The zero-order valence-electron chi connectivity index (χ0n) is 9.82. The Labute approximate surface area is 108 Å². The third-order valence-corrected chi connectivity index (χ3v) is 2.33. The SMILES string of the molecule is Nc1ncc(C=Nc2ccc(C(=O)O)cc2)c(N)n1. The van der Waals surface area contributed by atoms with Crippen molar-refractivity contribution < 1.29 is 9.90 Å². The topological polar surface area (TPSA) is 127 Å². The number of carbonyl (C=O) groups is 1. The van der Waals surface area contributed by atoms with Crippen molar-refractivity contribution in [1.29, 1.82) is 0 Å². The first-order chi connectivity index (χ1) is 9.06. The molecule has 0 aliphatic carbocycles. The number of aromatic nitrogens is 2. The number of aromatic carboxylic acids is 1. The molecular weight excluding hydrogens is 246 g/mol. The highest BCUT2D eigenvalue weighted by Gasteiger charge is 2.01. The van der Waals surface area contributed by atoms with Crippen molar-refractivity contribution in [1.82, 2.24) is 9.97 Å². The van der Waals surface area contributed by atoms with Gasteiger partial charge in [0.2, 0.25) is 5.95 Å². The van der Waals surface area contributed by atoms with E-state index in [4.69, 9.17) is 16.6 Å². The van der Waals surface area contributed by atoms with Gasteiger partial charge in [0.25, 0.3) is 0 Å². The number of carboxylic acids is 1. The van der Waals surface area contributed by atoms with E-state index in [0.29, 0.717) is 11.3 Å². The van der Waals surface area contributed by atoms with Crippen LogP contribution in [-0.4, -0.2) is 27.3 Å². The maximum Gasteiger partial charge on any atom is 0.335 e. The Morgan fingerprint density at radius 2 is 1.95 bits per heavy atom. The molecule has 1 heterocycles. The highest BCUT2D eigenvalue weighted by molar-refractivity contribution is 5.89. The van der Waals surface area contributed by atoms with Gasteiger partial charge >= 0.3 is 5.97 Å². The number of benzene rings is 1. The number of nitrogens with two attached hydrogens (primary N) is 2. The molecular formula is C12H11N5O2. The molecule has 0 amide bonds. The Morgan fingerprint density at radius 3 is 2.53 bits per heavy atom. The molecule has 0 unspecified atom stereocenters. The van der Waals surface area contributed by atoms with Crippen LogP contribution in [0.15, 0.2) is 35.5 Å². The first-order valence-electron chi connectivity index (χ1n) is 5.31. The molecule has 0 aliphatic rings. The summed E-state index contributed by atoms with van der Waals surface area (Å²) in [5.41, 5.74) is 12.4. The number of nitrogen functional groups attached to an aromatic ring is 2. The molecule has 0 saturated carbocycles. The van der Waals surface area contributed by atoms with Gasteiger partial charge in [-0.2, -0.15) is 4.98 Å². The lowest BCUT2D eigenvalue weighted by atomic mass is 10.2. The molecule has 2 rings (SSSR count).